The van der Waals surface area contributed by atoms with Crippen molar-refractivity contribution in [2.45, 2.75) is 12.0 Å². The molecule has 0 saturated carbocycles. The van der Waals surface area contributed by atoms with E-state index in [1.165, 1.54) is 12.1 Å². The molecule has 1 unspecified atom stereocenters. The van der Waals surface area contributed by atoms with E-state index in [9.17, 15) is 15.2 Å². The molecule has 8 nitrogen and oxygen atoms in total. The zero-order valence-corrected chi connectivity index (χ0v) is 10.5. The summed E-state index contributed by atoms with van der Waals surface area (Å²) < 4.78 is 5.12. The van der Waals surface area contributed by atoms with E-state index in [0.717, 1.165) is 0 Å². The molecule has 8 heteroatoms. The Bertz CT molecular complexity index is 474. The maximum atomic E-state index is 10.8. The normalized spacial score (nSPS) is 22.2. The summed E-state index contributed by atoms with van der Waals surface area (Å²) in [5, 5.41) is 26.6. The molecule has 1 aliphatic heterocycles. The number of aromatic nitrogens is 1. The third kappa shape index (κ3) is 3.30. The second-order valence-electron chi connectivity index (χ2n) is 4.48. The highest BCUT2D eigenvalue weighted by atomic mass is 16.6. The molecule has 0 aromatic carbocycles. The highest BCUT2D eigenvalue weighted by molar-refractivity contribution is 5.54. The second kappa shape index (κ2) is 5.37. The van der Waals surface area contributed by atoms with Gasteiger partial charge in [-0.1, -0.05) is 0 Å². The van der Waals surface area contributed by atoms with Crippen molar-refractivity contribution in [3.05, 3.63) is 22.2 Å². The van der Waals surface area contributed by atoms with Gasteiger partial charge in [-0.3, -0.25) is 10.1 Å². The number of hydrogen-bond donors (Lipinski definition) is 3. The molecule has 1 saturated heterocycles. The third-order valence-electron chi connectivity index (χ3n) is 2.96. The van der Waals surface area contributed by atoms with Crippen LogP contribution in [0.5, 0.6) is 0 Å². The first-order chi connectivity index (χ1) is 9.02. The topological polar surface area (TPSA) is 110 Å². The van der Waals surface area contributed by atoms with Crippen LogP contribution in [0.15, 0.2) is 12.1 Å². The van der Waals surface area contributed by atoms with E-state index < -0.39 is 10.5 Å². The summed E-state index contributed by atoms with van der Waals surface area (Å²) in [5.74, 6) is 0.741. The fourth-order valence-electron chi connectivity index (χ4n) is 1.83. The van der Waals surface area contributed by atoms with Crippen molar-refractivity contribution in [3.8, 4) is 0 Å². The number of nitrogens with zero attached hydrogens (tertiary/aromatic N) is 2. The molecule has 1 atom stereocenters. The predicted molar refractivity (Wildman–Crippen MR) is 69.3 cm³/mol. The Balaban J connectivity index is 2.10. The quantitative estimate of drug-likeness (QED) is 0.529. The molecule has 1 fully saturated rings. The lowest BCUT2D eigenvalue weighted by Crippen LogP contribution is -2.37. The van der Waals surface area contributed by atoms with Gasteiger partial charge in [0.25, 0.3) is 5.69 Å². The van der Waals surface area contributed by atoms with Crippen molar-refractivity contribution in [2.75, 3.05) is 37.4 Å². The van der Waals surface area contributed by atoms with E-state index in [1.54, 1.807) is 7.05 Å². The number of hydrogen-bond acceptors (Lipinski definition) is 7. The second-order valence-corrected chi connectivity index (χ2v) is 4.48. The van der Waals surface area contributed by atoms with Crippen molar-refractivity contribution >= 4 is 17.3 Å². The molecule has 1 aromatic rings. The monoisotopic (exact) mass is 268 g/mol. The smallest absolute Gasteiger partial charge is 0.276 e. The van der Waals surface area contributed by atoms with E-state index in [1.807, 2.05) is 0 Å². The van der Waals surface area contributed by atoms with Gasteiger partial charge in [-0.25, -0.2) is 4.98 Å². The van der Waals surface area contributed by atoms with Crippen LogP contribution in [0, 0.1) is 10.1 Å². The number of ether oxygens (including phenoxy) is 1. The maximum Gasteiger partial charge on any atom is 0.276 e. The van der Waals surface area contributed by atoms with Gasteiger partial charge in [0.2, 0.25) is 0 Å². The van der Waals surface area contributed by atoms with E-state index in [4.69, 9.17) is 4.74 Å². The van der Waals surface area contributed by atoms with Crippen LogP contribution in [-0.4, -0.2) is 47.4 Å². The minimum Gasteiger partial charge on any atom is -0.386 e. The first kappa shape index (κ1) is 13.5. The Hall–Kier alpha value is -1.93. The molecule has 0 amide bonds. The largest absolute Gasteiger partial charge is 0.386 e. The van der Waals surface area contributed by atoms with Gasteiger partial charge in [0.1, 0.15) is 17.2 Å². The molecule has 0 aliphatic carbocycles. The molecule has 2 heterocycles. The Morgan fingerprint density at radius 2 is 2.32 bits per heavy atom. The van der Waals surface area contributed by atoms with Gasteiger partial charge in [-0.2, -0.15) is 0 Å². The van der Waals surface area contributed by atoms with Crippen LogP contribution in [0.25, 0.3) is 0 Å². The first-order valence-electron chi connectivity index (χ1n) is 5.91. The number of nitrogens with one attached hydrogen (secondary N) is 2. The fourth-order valence-corrected chi connectivity index (χ4v) is 1.83. The van der Waals surface area contributed by atoms with E-state index in [-0.39, 0.29) is 18.8 Å². The standard InChI is InChI=1S/C11H16N4O4/c1-12-9-4-8(15(17)18)5-10(14-9)13-6-11(16)2-3-19-7-11/h4-5,16H,2-3,6-7H2,1H3,(H2,12,13,14). The molecule has 19 heavy (non-hydrogen) atoms. The van der Waals surface area contributed by atoms with Crippen LogP contribution in [-0.2, 0) is 4.74 Å². The number of aliphatic hydroxyl groups is 1. The molecular formula is C11H16N4O4. The van der Waals surface area contributed by atoms with E-state index in [0.29, 0.717) is 24.7 Å². The summed E-state index contributed by atoms with van der Waals surface area (Å²) in [6, 6.07) is 2.68. The van der Waals surface area contributed by atoms with Crippen molar-refractivity contribution in [3.63, 3.8) is 0 Å². The highest BCUT2D eigenvalue weighted by Crippen LogP contribution is 2.22. The van der Waals surface area contributed by atoms with Crippen molar-refractivity contribution < 1.29 is 14.8 Å². The van der Waals surface area contributed by atoms with E-state index >= 15 is 0 Å². The number of rotatable bonds is 5. The van der Waals surface area contributed by atoms with Crippen LogP contribution >= 0.6 is 0 Å². The summed E-state index contributed by atoms with van der Waals surface area (Å²) in [6.07, 6.45) is 0.536. The SMILES string of the molecule is CNc1cc([N+](=O)[O-])cc(NCC2(O)CCOC2)n1. The number of nitro groups is 1. The van der Waals surface area contributed by atoms with Gasteiger partial charge < -0.3 is 20.5 Å². The van der Waals surface area contributed by atoms with E-state index in [2.05, 4.69) is 15.6 Å². The van der Waals surface area contributed by atoms with Gasteiger partial charge >= 0.3 is 0 Å². The van der Waals surface area contributed by atoms with Crippen LogP contribution in [0.3, 0.4) is 0 Å². The summed E-state index contributed by atoms with van der Waals surface area (Å²) in [6.45, 7) is 1.01. The van der Waals surface area contributed by atoms with Crippen LogP contribution in [0.4, 0.5) is 17.3 Å². The molecule has 2 rings (SSSR count). The minimum atomic E-state index is -0.938. The Morgan fingerprint density at radius 3 is 2.89 bits per heavy atom. The lowest BCUT2D eigenvalue weighted by Gasteiger charge is -2.21. The Morgan fingerprint density at radius 1 is 1.58 bits per heavy atom. The van der Waals surface area contributed by atoms with Crippen molar-refractivity contribution in [1.82, 2.24) is 4.98 Å². The molecule has 3 N–H and O–H groups in total. The molecule has 1 aromatic heterocycles. The molecule has 0 radical (unpaired) electrons. The zero-order valence-electron chi connectivity index (χ0n) is 10.5. The summed E-state index contributed by atoms with van der Waals surface area (Å²) >= 11 is 0. The molecule has 104 valence electrons. The Kier molecular flexibility index (Phi) is 3.82. The maximum absolute atomic E-state index is 10.8. The number of anilines is 2. The first-order valence-corrected chi connectivity index (χ1v) is 5.91. The van der Waals surface area contributed by atoms with Crippen molar-refractivity contribution in [1.29, 1.82) is 0 Å². The number of pyridine rings is 1. The molecule has 0 bridgehead atoms. The highest BCUT2D eigenvalue weighted by Gasteiger charge is 2.32. The van der Waals surface area contributed by atoms with Gasteiger partial charge in [0.05, 0.1) is 23.7 Å². The predicted octanol–water partition coefficient (Wildman–Crippen LogP) is 0.595. The van der Waals surface area contributed by atoms with Gasteiger partial charge in [0.15, 0.2) is 0 Å². The summed E-state index contributed by atoms with van der Waals surface area (Å²) in [4.78, 5) is 14.5. The zero-order chi connectivity index (χ0) is 13.9. The summed E-state index contributed by atoms with van der Waals surface area (Å²) in [5.41, 5.74) is -0.997. The summed E-state index contributed by atoms with van der Waals surface area (Å²) in [7, 11) is 1.63. The average molecular weight is 268 g/mol. The van der Waals surface area contributed by atoms with Crippen molar-refractivity contribution in [2.24, 2.45) is 0 Å². The Labute approximate surface area is 109 Å². The fraction of sp³-hybridized carbons (Fsp3) is 0.545. The lowest BCUT2D eigenvalue weighted by atomic mass is 10.0. The third-order valence-corrected chi connectivity index (χ3v) is 2.96. The van der Waals surface area contributed by atoms with Gasteiger partial charge in [-0.05, 0) is 0 Å². The average Bonchev–Trinajstić information content (AvgIpc) is 2.83. The van der Waals surface area contributed by atoms with Crippen LogP contribution < -0.4 is 10.6 Å². The molecular weight excluding hydrogens is 252 g/mol. The van der Waals surface area contributed by atoms with Crippen LogP contribution in [0.2, 0.25) is 0 Å². The van der Waals surface area contributed by atoms with Gasteiger partial charge in [0, 0.05) is 26.6 Å². The molecule has 0 spiro atoms. The van der Waals surface area contributed by atoms with Gasteiger partial charge in [-0.15, -0.1) is 0 Å². The lowest BCUT2D eigenvalue weighted by molar-refractivity contribution is -0.384. The van der Waals surface area contributed by atoms with Crippen LogP contribution in [0.1, 0.15) is 6.42 Å². The molecule has 1 aliphatic rings. The minimum absolute atomic E-state index is 0.0588.